The zero-order chi connectivity index (χ0) is 20.4. The fourth-order valence-corrected chi connectivity index (χ4v) is 4.63. The van der Waals surface area contributed by atoms with E-state index in [-0.39, 0.29) is 18.2 Å². The van der Waals surface area contributed by atoms with Crippen LogP contribution in [0.3, 0.4) is 0 Å². The first-order chi connectivity index (χ1) is 14.0. The minimum absolute atomic E-state index is 0.0960. The molecule has 0 spiro atoms. The maximum absolute atomic E-state index is 12.9. The lowest BCUT2D eigenvalue weighted by Crippen LogP contribution is -2.18. The summed E-state index contributed by atoms with van der Waals surface area (Å²) in [6, 6.07) is 8.79. The molecule has 1 aromatic carbocycles. The van der Waals surface area contributed by atoms with Crippen LogP contribution in [-0.2, 0) is 19.4 Å². The number of thiophene rings is 1. The number of furan rings is 1. The first kappa shape index (κ1) is 19.2. The summed E-state index contributed by atoms with van der Waals surface area (Å²) >= 11 is 1.40. The first-order valence-corrected chi connectivity index (χ1v) is 10.1. The third kappa shape index (κ3) is 4.17. The molecule has 0 bridgehead atoms. The quantitative estimate of drug-likeness (QED) is 0.629. The third-order valence-corrected chi connectivity index (χ3v) is 5.93. The van der Waals surface area contributed by atoms with E-state index in [1.807, 2.05) is 0 Å². The maximum Gasteiger partial charge on any atom is 0.291 e. The van der Waals surface area contributed by atoms with Crippen molar-refractivity contribution in [3.8, 4) is 5.75 Å². The number of rotatable bonds is 6. The molecule has 1 aliphatic rings. The number of aryl methyl sites for hydroxylation is 1. The van der Waals surface area contributed by atoms with Gasteiger partial charge in [-0.2, -0.15) is 0 Å². The first-order valence-electron chi connectivity index (χ1n) is 9.24. The number of hydrogen-bond acceptors (Lipinski definition) is 5. The highest BCUT2D eigenvalue weighted by Crippen LogP contribution is 2.38. The largest absolute Gasteiger partial charge is 0.486 e. The molecule has 0 atom stereocenters. The van der Waals surface area contributed by atoms with Gasteiger partial charge in [0.2, 0.25) is 0 Å². The molecule has 0 unspecified atom stereocenters. The Morgan fingerprint density at radius 2 is 1.90 bits per heavy atom. The Kier molecular flexibility index (Phi) is 5.35. The molecule has 0 radical (unpaired) electrons. The van der Waals surface area contributed by atoms with Gasteiger partial charge in [-0.25, -0.2) is 4.39 Å². The van der Waals surface area contributed by atoms with Crippen LogP contribution in [0.25, 0.3) is 0 Å². The standard InChI is InChI=1S/C21H19FN2O4S/c22-12-5-7-13(8-6-12)27-11-14-9-10-16(28-14)20(26)24-21-18(19(23)25)15-3-1-2-4-17(15)29-21/h5-10H,1-4,11H2,(H2,23,25)(H,24,26). The van der Waals surface area contributed by atoms with Crippen LogP contribution >= 0.6 is 11.3 Å². The summed E-state index contributed by atoms with van der Waals surface area (Å²) in [5, 5.41) is 3.23. The minimum atomic E-state index is -0.535. The van der Waals surface area contributed by atoms with Gasteiger partial charge in [0, 0.05) is 4.88 Å². The van der Waals surface area contributed by atoms with Crippen LogP contribution in [0, 0.1) is 5.82 Å². The molecule has 6 nitrogen and oxygen atoms in total. The van der Waals surface area contributed by atoms with Crippen molar-refractivity contribution in [2.45, 2.75) is 32.3 Å². The van der Waals surface area contributed by atoms with Crippen LogP contribution < -0.4 is 15.8 Å². The highest BCUT2D eigenvalue weighted by Gasteiger charge is 2.25. The average molecular weight is 414 g/mol. The van der Waals surface area contributed by atoms with E-state index in [2.05, 4.69) is 5.32 Å². The number of anilines is 1. The summed E-state index contributed by atoms with van der Waals surface area (Å²) < 4.78 is 24.0. The second-order valence-electron chi connectivity index (χ2n) is 6.74. The van der Waals surface area contributed by atoms with E-state index >= 15 is 0 Å². The van der Waals surface area contributed by atoms with E-state index in [1.165, 1.54) is 41.7 Å². The van der Waals surface area contributed by atoms with Crippen molar-refractivity contribution in [3.05, 3.63) is 69.7 Å². The molecule has 0 saturated carbocycles. The molecule has 2 amide bonds. The van der Waals surface area contributed by atoms with Crippen LogP contribution in [0.4, 0.5) is 9.39 Å². The van der Waals surface area contributed by atoms with E-state index in [0.717, 1.165) is 36.1 Å². The number of carbonyl (C=O) groups is 2. The van der Waals surface area contributed by atoms with Gasteiger partial charge in [0.25, 0.3) is 11.8 Å². The molecule has 2 heterocycles. The van der Waals surface area contributed by atoms with E-state index in [0.29, 0.717) is 22.1 Å². The second kappa shape index (κ2) is 8.08. The van der Waals surface area contributed by atoms with Gasteiger partial charge in [0.1, 0.15) is 28.9 Å². The molecule has 3 N–H and O–H groups in total. The number of halogens is 1. The van der Waals surface area contributed by atoms with Gasteiger partial charge in [-0.15, -0.1) is 11.3 Å². The van der Waals surface area contributed by atoms with Crippen molar-refractivity contribution < 1.29 is 23.1 Å². The van der Waals surface area contributed by atoms with Gasteiger partial charge in [0.05, 0.1) is 5.56 Å². The Bertz CT molecular complexity index is 1060. The van der Waals surface area contributed by atoms with Crippen LogP contribution in [0.2, 0.25) is 0 Å². The Balaban J connectivity index is 1.45. The van der Waals surface area contributed by atoms with Crippen LogP contribution in [-0.4, -0.2) is 11.8 Å². The van der Waals surface area contributed by atoms with Gasteiger partial charge in [-0.05, 0) is 67.6 Å². The van der Waals surface area contributed by atoms with Crippen molar-refractivity contribution in [2.75, 3.05) is 5.32 Å². The summed E-state index contributed by atoms with van der Waals surface area (Å²) in [5.74, 6) is -0.305. The number of benzene rings is 1. The molecule has 0 saturated heterocycles. The predicted molar refractivity (Wildman–Crippen MR) is 107 cm³/mol. The predicted octanol–water partition coefficient (Wildman–Crippen LogP) is 4.29. The van der Waals surface area contributed by atoms with Crippen molar-refractivity contribution in [3.63, 3.8) is 0 Å². The van der Waals surface area contributed by atoms with Crippen molar-refractivity contribution in [1.29, 1.82) is 0 Å². The Hall–Kier alpha value is -3.13. The number of hydrogen-bond donors (Lipinski definition) is 2. The molecular weight excluding hydrogens is 395 g/mol. The number of fused-ring (bicyclic) bond motifs is 1. The zero-order valence-corrected chi connectivity index (χ0v) is 16.3. The summed E-state index contributed by atoms with van der Waals surface area (Å²) in [5.41, 5.74) is 6.92. The SMILES string of the molecule is NC(=O)c1c(NC(=O)c2ccc(COc3ccc(F)cc3)o2)sc2c1CCCC2. The lowest BCUT2D eigenvalue weighted by atomic mass is 9.95. The Labute approximate surface area is 170 Å². The lowest BCUT2D eigenvalue weighted by Gasteiger charge is -2.11. The fraction of sp³-hybridized carbons (Fsp3) is 0.238. The number of ether oxygens (including phenoxy) is 1. The van der Waals surface area contributed by atoms with Crippen LogP contribution in [0.5, 0.6) is 5.75 Å². The Morgan fingerprint density at radius 3 is 2.66 bits per heavy atom. The van der Waals surface area contributed by atoms with E-state index < -0.39 is 11.8 Å². The van der Waals surface area contributed by atoms with Crippen molar-refractivity contribution >= 4 is 28.2 Å². The van der Waals surface area contributed by atoms with Gasteiger partial charge in [0.15, 0.2) is 5.76 Å². The minimum Gasteiger partial charge on any atom is -0.486 e. The van der Waals surface area contributed by atoms with Crippen LogP contribution in [0.1, 0.15) is 50.0 Å². The highest BCUT2D eigenvalue weighted by molar-refractivity contribution is 7.17. The highest BCUT2D eigenvalue weighted by atomic mass is 32.1. The molecule has 1 aliphatic carbocycles. The molecule has 29 heavy (non-hydrogen) atoms. The van der Waals surface area contributed by atoms with Crippen molar-refractivity contribution in [1.82, 2.24) is 0 Å². The molecule has 0 fully saturated rings. The van der Waals surface area contributed by atoms with E-state index in [1.54, 1.807) is 6.07 Å². The monoisotopic (exact) mass is 414 g/mol. The summed E-state index contributed by atoms with van der Waals surface area (Å²) in [4.78, 5) is 25.6. The third-order valence-electron chi connectivity index (χ3n) is 4.72. The number of carbonyl (C=O) groups excluding carboxylic acids is 2. The number of amides is 2. The average Bonchev–Trinajstić information content (AvgIpc) is 3.31. The maximum atomic E-state index is 12.9. The van der Waals surface area contributed by atoms with Gasteiger partial charge in [-0.3, -0.25) is 9.59 Å². The number of primary amides is 1. The fourth-order valence-electron chi connectivity index (χ4n) is 3.34. The smallest absolute Gasteiger partial charge is 0.291 e. The summed E-state index contributed by atoms with van der Waals surface area (Å²) in [6.45, 7) is 0.0960. The lowest BCUT2D eigenvalue weighted by molar-refractivity contribution is 0.0993. The van der Waals surface area contributed by atoms with Gasteiger partial charge < -0.3 is 20.2 Å². The Morgan fingerprint density at radius 1 is 1.14 bits per heavy atom. The molecule has 150 valence electrons. The molecule has 2 aromatic heterocycles. The topological polar surface area (TPSA) is 94.6 Å². The normalized spacial score (nSPS) is 13.0. The van der Waals surface area contributed by atoms with Crippen molar-refractivity contribution in [2.24, 2.45) is 5.73 Å². The van der Waals surface area contributed by atoms with Gasteiger partial charge >= 0.3 is 0 Å². The van der Waals surface area contributed by atoms with Gasteiger partial charge in [-0.1, -0.05) is 0 Å². The molecule has 4 rings (SSSR count). The van der Waals surface area contributed by atoms with Crippen LogP contribution in [0.15, 0.2) is 40.8 Å². The van der Waals surface area contributed by atoms with E-state index in [4.69, 9.17) is 14.9 Å². The zero-order valence-electron chi connectivity index (χ0n) is 15.5. The number of nitrogens with one attached hydrogen (secondary N) is 1. The van der Waals surface area contributed by atoms with E-state index in [9.17, 15) is 14.0 Å². The molecule has 0 aliphatic heterocycles. The molecule has 8 heteroatoms. The second-order valence-corrected chi connectivity index (χ2v) is 7.85. The molecular formula is C21H19FN2O4S. The summed E-state index contributed by atoms with van der Waals surface area (Å²) in [6.07, 6.45) is 3.76. The molecule has 3 aromatic rings. The number of nitrogens with two attached hydrogens (primary N) is 1. The summed E-state index contributed by atoms with van der Waals surface area (Å²) in [7, 11) is 0.